The van der Waals surface area contributed by atoms with Crippen LogP contribution in [0.2, 0.25) is 5.02 Å². The summed E-state index contributed by atoms with van der Waals surface area (Å²) in [5.41, 5.74) is 3.86. The fraction of sp³-hybridized carbons (Fsp3) is 0.346. The molecule has 35 heavy (non-hydrogen) atoms. The number of amides is 3. The van der Waals surface area contributed by atoms with Gasteiger partial charge in [-0.2, -0.15) is 0 Å². The first-order valence-corrected chi connectivity index (χ1v) is 12.1. The number of ether oxygens (including phenoxy) is 2. The van der Waals surface area contributed by atoms with Gasteiger partial charge in [0.1, 0.15) is 12.4 Å². The Morgan fingerprint density at radius 1 is 1.14 bits per heavy atom. The molecule has 3 aliphatic rings. The summed E-state index contributed by atoms with van der Waals surface area (Å²) in [4.78, 5) is 38.8. The van der Waals surface area contributed by atoms with Crippen molar-refractivity contribution >= 4 is 40.7 Å². The van der Waals surface area contributed by atoms with Crippen LogP contribution >= 0.6 is 11.6 Å². The average molecular weight is 496 g/mol. The van der Waals surface area contributed by atoms with Gasteiger partial charge in [-0.05, 0) is 62.1 Å². The molecular formula is C26H26ClN3O5. The minimum Gasteiger partial charge on any atom is -0.489 e. The van der Waals surface area contributed by atoms with Crippen molar-refractivity contribution in [1.29, 1.82) is 0 Å². The summed E-state index contributed by atoms with van der Waals surface area (Å²) >= 11 is 6.17. The molecule has 9 heteroatoms. The Kier molecular flexibility index (Phi) is 6.74. The number of carbonyl (C=O) groups excluding carboxylic acids is 3. The lowest BCUT2D eigenvalue weighted by atomic mass is 9.80. The van der Waals surface area contributed by atoms with Crippen LogP contribution in [0.4, 0.5) is 11.4 Å². The summed E-state index contributed by atoms with van der Waals surface area (Å²) in [6.45, 7) is 1.11. The number of hydrazine groups is 1. The summed E-state index contributed by atoms with van der Waals surface area (Å²) in [6, 6.07) is 11.6. The van der Waals surface area contributed by atoms with Crippen LogP contribution in [0.15, 0.2) is 54.6 Å². The van der Waals surface area contributed by atoms with Gasteiger partial charge < -0.3 is 14.8 Å². The molecule has 3 unspecified atom stereocenters. The third-order valence-electron chi connectivity index (χ3n) is 6.53. The number of nitrogens with zero attached hydrogens (tertiary/aromatic N) is 1. The van der Waals surface area contributed by atoms with Crippen molar-refractivity contribution in [3.05, 3.63) is 65.2 Å². The molecule has 2 saturated heterocycles. The largest absolute Gasteiger partial charge is 0.489 e. The van der Waals surface area contributed by atoms with Crippen LogP contribution in [-0.2, 0) is 14.3 Å². The second kappa shape index (κ2) is 10.1. The van der Waals surface area contributed by atoms with E-state index in [0.717, 1.165) is 19.4 Å². The Hall–Kier alpha value is -3.36. The number of benzene rings is 2. The van der Waals surface area contributed by atoms with E-state index in [4.69, 9.17) is 21.1 Å². The summed E-state index contributed by atoms with van der Waals surface area (Å²) in [6.07, 6.45) is 6.92. The molecule has 0 aromatic heterocycles. The van der Waals surface area contributed by atoms with E-state index in [0.29, 0.717) is 47.2 Å². The van der Waals surface area contributed by atoms with Gasteiger partial charge in [0.2, 0.25) is 11.8 Å². The van der Waals surface area contributed by atoms with Crippen LogP contribution in [-0.4, -0.2) is 37.0 Å². The zero-order valence-electron chi connectivity index (χ0n) is 19.0. The van der Waals surface area contributed by atoms with Crippen LogP contribution in [0.25, 0.3) is 0 Å². The molecule has 0 spiro atoms. The lowest BCUT2D eigenvalue weighted by Crippen LogP contribution is -2.59. The molecule has 5 rings (SSSR count). The van der Waals surface area contributed by atoms with Crippen molar-refractivity contribution in [2.45, 2.75) is 31.8 Å². The molecule has 2 N–H and O–H groups in total. The molecular weight excluding hydrogens is 470 g/mol. The van der Waals surface area contributed by atoms with Gasteiger partial charge in [0.15, 0.2) is 0 Å². The second-order valence-corrected chi connectivity index (χ2v) is 9.33. The van der Waals surface area contributed by atoms with Crippen LogP contribution in [0.1, 0.15) is 36.0 Å². The zero-order valence-corrected chi connectivity index (χ0v) is 19.8. The molecule has 0 bridgehead atoms. The number of anilines is 2. The molecule has 3 amide bonds. The first-order chi connectivity index (χ1) is 17.0. The molecule has 2 fully saturated rings. The topological polar surface area (TPSA) is 97.0 Å². The molecule has 1 aliphatic carbocycles. The zero-order chi connectivity index (χ0) is 24.4. The highest BCUT2D eigenvalue weighted by Crippen LogP contribution is 2.33. The fourth-order valence-corrected chi connectivity index (χ4v) is 4.82. The molecule has 2 aromatic rings. The number of fused-ring (bicyclic) bond motifs is 1. The van der Waals surface area contributed by atoms with Gasteiger partial charge in [0, 0.05) is 17.2 Å². The Morgan fingerprint density at radius 2 is 1.97 bits per heavy atom. The van der Waals surface area contributed by atoms with Crippen LogP contribution in [0.5, 0.6) is 5.75 Å². The Labute approximate surface area is 208 Å². The van der Waals surface area contributed by atoms with Crippen molar-refractivity contribution < 1.29 is 23.9 Å². The quantitative estimate of drug-likeness (QED) is 0.588. The number of carbonyl (C=O) groups is 3. The van der Waals surface area contributed by atoms with Crippen molar-refractivity contribution in [1.82, 2.24) is 5.43 Å². The normalized spacial score (nSPS) is 23.6. The van der Waals surface area contributed by atoms with E-state index in [9.17, 15) is 14.4 Å². The average Bonchev–Trinajstić information content (AvgIpc) is 3.39. The number of allylic oxidation sites excluding steroid dienone is 2. The van der Waals surface area contributed by atoms with Crippen molar-refractivity contribution in [2.75, 3.05) is 23.5 Å². The van der Waals surface area contributed by atoms with Gasteiger partial charge in [0.25, 0.3) is 5.91 Å². The minimum atomic E-state index is -0.402. The van der Waals surface area contributed by atoms with E-state index in [-0.39, 0.29) is 23.8 Å². The number of rotatable bonds is 6. The molecule has 2 aromatic carbocycles. The summed E-state index contributed by atoms with van der Waals surface area (Å²) in [7, 11) is 0. The smallest absolute Gasteiger partial charge is 0.255 e. The first kappa shape index (κ1) is 23.4. The monoisotopic (exact) mass is 495 g/mol. The number of halogens is 1. The van der Waals surface area contributed by atoms with E-state index in [1.54, 1.807) is 42.5 Å². The Bertz CT molecular complexity index is 1180. The second-order valence-electron chi connectivity index (χ2n) is 8.90. The van der Waals surface area contributed by atoms with E-state index in [1.807, 2.05) is 12.2 Å². The van der Waals surface area contributed by atoms with Crippen molar-refractivity contribution in [2.24, 2.45) is 11.8 Å². The van der Waals surface area contributed by atoms with E-state index >= 15 is 0 Å². The highest BCUT2D eigenvalue weighted by molar-refractivity contribution is 6.31. The molecule has 2 aliphatic heterocycles. The summed E-state index contributed by atoms with van der Waals surface area (Å²) < 4.78 is 11.5. The summed E-state index contributed by atoms with van der Waals surface area (Å²) in [5, 5.41) is 4.55. The van der Waals surface area contributed by atoms with E-state index in [2.05, 4.69) is 10.7 Å². The van der Waals surface area contributed by atoms with Crippen molar-refractivity contribution in [3.8, 4) is 5.75 Å². The number of hydrogen-bond acceptors (Lipinski definition) is 5. The number of hydrogen-bond donors (Lipinski definition) is 2. The van der Waals surface area contributed by atoms with Gasteiger partial charge >= 0.3 is 0 Å². The molecule has 0 saturated carbocycles. The molecule has 2 heterocycles. The van der Waals surface area contributed by atoms with Gasteiger partial charge in [0.05, 0.1) is 29.3 Å². The van der Waals surface area contributed by atoms with Crippen LogP contribution < -0.4 is 20.5 Å². The Morgan fingerprint density at radius 3 is 2.77 bits per heavy atom. The van der Waals surface area contributed by atoms with Gasteiger partial charge in [-0.15, -0.1) is 0 Å². The fourth-order valence-electron chi connectivity index (χ4n) is 4.65. The first-order valence-electron chi connectivity index (χ1n) is 11.7. The maximum atomic E-state index is 13.1. The standard InChI is InChI=1S/C26H26ClN3O5/c27-17-10-11-23(35-15-19-7-4-12-34-19)22(14-17)28-24(31)16-5-3-6-18(13-16)30-26(33)21-9-2-1-8-20(21)25(32)29-30/h1-3,5-6,10-11,13-14,19-21H,4,7-9,12,15H2,(H,28,31)(H,29,32). The van der Waals surface area contributed by atoms with Crippen LogP contribution in [0, 0.1) is 11.8 Å². The number of nitrogens with one attached hydrogen (secondary N) is 2. The minimum absolute atomic E-state index is 0.0300. The van der Waals surface area contributed by atoms with Crippen LogP contribution in [0.3, 0.4) is 0 Å². The highest BCUT2D eigenvalue weighted by atomic mass is 35.5. The molecule has 0 radical (unpaired) electrons. The van der Waals surface area contributed by atoms with E-state index < -0.39 is 11.8 Å². The molecule has 182 valence electrons. The van der Waals surface area contributed by atoms with Gasteiger partial charge in [-0.3, -0.25) is 19.8 Å². The molecule has 8 nitrogen and oxygen atoms in total. The lowest BCUT2D eigenvalue weighted by molar-refractivity contribution is -0.139. The summed E-state index contributed by atoms with van der Waals surface area (Å²) in [5.74, 6) is -1.04. The third-order valence-corrected chi connectivity index (χ3v) is 6.77. The maximum Gasteiger partial charge on any atom is 0.255 e. The predicted molar refractivity (Wildman–Crippen MR) is 131 cm³/mol. The highest BCUT2D eigenvalue weighted by Gasteiger charge is 2.42. The third kappa shape index (κ3) is 5.04. The van der Waals surface area contributed by atoms with E-state index in [1.165, 1.54) is 5.01 Å². The SMILES string of the molecule is O=C(Nc1cc(Cl)ccc1OCC1CCCO1)c1cccc(N2NC(=O)C3CC=CCC3C2=O)c1. The van der Waals surface area contributed by atoms with Crippen molar-refractivity contribution in [3.63, 3.8) is 0 Å². The van der Waals surface area contributed by atoms with Gasteiger partial charge in [-0.25, -0.2) is 5.01 Å². The van der Waals surface area contributed by atoms with Gasteiger partial charge in [-0.1, -0.05) is 29.8 Å². The predicted octanol–water partition coefficient (Wildman–Crippen LogP) is 4.11. The maximum absolute atomic E-state index is 13.1. The lowest BCUT2D eigenvalue weighted by Gasteiger charge is -2.38. The Balaban J connectivity index is 1.32. The molecule has 3 atom stereocenters.